The van der Waals surface area contributed by atoms with Gasteiger partial charge in [0.2, 0.25) is 0 Å². The van der Waals surface area contributed by atoms with E-state index in [-0.39, 0.29) is 0 Å². The third-order valence-electron chi connectivity index (χ3n) is 4.19. The van der Waals surface area contributed by atoms with Gasteiger partial charge in [-0.3, -0.25) is 0 Å². The molecule has 0 aliphatic rings. The van der Waals surface area contributed by atoms with Crippen LogP contribution in [0.15, 0.2) is 58.3 Å². The van der Waals surface area contributed by atoms with Crippen LogP contribution >= 0.6 is 11.8 Å². The Morgan fingerprint density at radius 1 is 0.640 bits per heavy atom. The number of hydrogen-bond acceptors (Lipinski definition) is 3. The molecule has 2 nitrogen and oxygen atoms in total. The molecule has 0 saturated heterocycles. The molecule has 0 aliphatic carbocycles. The molecule has 2 aromatic carbocycles. The predicted octanol–water partition coefficient (Wildman–Crippen LogP) is 7.04. The summed E-state index contributed by atoms with van der Waals surface area (Å²) in [6.45, 7) is 6.58. The Kier molecular flexibility index (Phi) is 9.35. The standard InChI is InChI=1S/C22H32N2S/c1-3-5-11-17-23-19-13-7-9-15-21(19)25-22-16-10-8-14-20(22)24-18-12-6-4-2/h7-10,13-16,23-24H,3-6,11-12,17-18H2,1-2H3. The smallest absolute Gasteiger partial charge is 0.0482 e. The minimum absolute atomic E-state index is 1.04. The van der Waals surface area contributed by atoms with Gasteiger partial charge in [0, 0.05) is 34.3 Å². The molecule has 0 amide bonds. The number of rotatable bonds is 12. The van der Waals surface area contributed by atoms with Crippen LogP contribution in [-0.2, 0) is 0 Å². The first-order valence-corrected chi connectivity index (χ1v) is 10.5. The van der Waals surface area contributed by atoms with Crippen molar-refractivity contribution in [3.05, 3.63) is 48.5 Å². The van der Waals surface area contributed by atoms with Crippen LogP contribution < -0.4 is 10.6 Å². The molecule has 0 bridgehead atoms. The zero-order valence-electron chi connectivity index (χ0n) is 15.7. The van der Waals surface area contributed by atoms with E-state index in [1.54, 1.807) is 0 Å². The second kappa shape index (κ2) is 11.9. The summed E-state index contributed by atoms with van der Waals surface area (Å²) in [5, 5.41) is 7.21. The molecule has 2 rings (SSSR count). The zero-order chi connectivity index (χ0) is 17.7. The van der Waals surface area contributed by atoms with Crippen molar-refractivity contribution in [1.82, 2.24) is 0 Å². The largest absolute Gasteiger partial charge is 0.384 e. The Bertz CT molecular complexity index is 559. The highest BCUT2D eigenvalue weighted by atomic mass is 32.2. The number of benzene rings is 2. The maximum absolute atomic E-state index is 3.61. The molecule has 2 N–H and O–H groups in total. The van der Waals surface area contributed by atoms with Gasteiger partial charge >= 0.3 is 0 Å². The first-order valence-electron chi connectivity index (χ1n) is 9.68. The molecule has 0 aliphatic heterocycles. The molecule has 0 heterocycles. The lowest BCUT2D eigenvalue weighted by molar-refractivity contribution is 0.743. The van der Waals surface area contributed by atoms with E-state index in [0.717, 1.165) is 13.1 Å². The van der Waals surface area contributed by atoms with Crippen LogP contribution in [0.1, 0.15) is 52.4 Å². The van der Waals surface area contributed by atoms with E-state index in [9.17, 15) is 0 Å². The number of para-hydroxylation sites is 2. The van der Waals surface area contributed by atoms with Crippen molar-refractivity contribution in [3.63, 3.8) is 0 Å². The van der Waals surface area contributed by atoms with Crippen LogP contribution in [0.4, 0.5) is 11.4 Å². The molecule has 136 valence electrons. The monoisotopic (exact) mass is 356 g/mol. The molecule has 0 saturated carbocycles. The van der Waals surface area contributed by atoms with E-state index in [2.05, 4.69) is 73.0 Å². The van der Waals surface area contributed by atoms with Gasteiger partial charge in [-0.1, -0.05) is 75.6 Å². The molecule has 0 radical (unpaired) electrons. The van der Waals surface area contributed by atoms with Gasteiger partial charge in [0.05, 0.1) is 0 Å². The molecule has 0 spiro atoms. The summed E-state index contributed by atoms with van der Waals surface area (Å²) in [6.07, 6.45) is 7.54. The van der Waals surface area contributed by atoms with Crippen molar-refractivity contribution in [2.45, 2.75) is 62.2 Å². The summed E-state index contributed by atoms with van der Waals surface area (Å²) in [4.78, 5) is 2.59. The Morgan fingerprint density at radius 3 is 1.52 bits per heavy atom. The summed E-state index contributed by atoms with van der Waals surface area (Å²) >= 11 is 1.84. The first-order chi connectivity index (χ1) is 12.3. The minimum atomic E-state index is 1.04. The lowest BCUT2D eigenvalue weighted by Crippen LogP contribution is -2.03. The quantitative estimate of drug-likeness (QED) is 0.399. The van der Waals surface area contributed by atoms with Crippen LogP contribution in [0.25, 0.3) is 0 Å². The highest BCUT2D eigenvalue weighted by molar-refractivity contribution is 7.99. The summed E-state index contributed by atoms with van der Waals surface area (Å²) in [7, 11) is 0. The van der Waals surface area contributed by atoms with Gasteiger partial charge in [0.1, 0.15) is 0 Å². The van der Waals surface area contributed by atoms with E-state index in [1.807, 2.05) is 11.8 Å². The Morgan fingerprint density at radius 2 is 1.08 bits per heavy atom. The number of anilines is 2. The van der Waals surface area contributed by atoms with Gasteiger partial charge in [-0.25, -0.2) is 0 Å². The average Bonchev–Trinajstić information content (AvgIpc) is 2.65. The maximum atomic E-state index is 3.61. The molecule has 0 atom stereocenters. The van der Waals surface area contributed by atoms with Crippen LogP contribution in [0.3, 0.4) is 0 Å². The summed E-state index contributed by atoms with van der Waals surface area (Å²) < 4.78 is 0. The predicted molar refractivity (Wildman–Crippen MR) is 113 cm³/mol. The van der Waals surface area contributed by atoms with E-state index >= 15 is 0 Å². The van der Waals surface area contributed by atoms with Gasteiger partial charge in [-0.15, -0.1) is 0 Å². The topological polar surface area (TPSA) is 24.1 Å². The van der Waals surface area contributed by atoms with E-state index < -0.39 is 0 Å². The van der Waals surface area contributed by atoms with Crippen molar-refractivity contribution >= 4 is 23.1 Å². The van der Waals surface area contributed by atoms with Crippen LogP contribution in [0.2, 0.25) is 0 Å². The van der Waals surface area contributed by atoms with Crippen LogP contribution in [0, 0.1) is 0 Å². The van der Waals surface area contributed by atoms with E-state index in [1.165, 1.54) is 59.7 Å². The molecular weight excluding hydrogens is 324 g/mol. The highest BCUT2D eigenvalue weighted by Gasteiger charge is 2.07. The fourth-order valence-corrected chi connectivity index (χ4v) is 3.75. The molecule has 0 unspecified atom stereocenters. The van der Waals surface area contributed by atoms with Crippen molar-refractivity contribution in [3.8, 4) is 0 Å². The highest BCUT2D eigenvalue weighted by Crippen LogP contribution is 2.37. The summed E-state index contributed by atoms with van der Waals surface area (Å²) in [6, 6.07) is 17.3. The third kappa shape index (κ3) is 7.03. The lowest BCUT2D eigenvalue weighted by Gasteiger charge is -2.15. The fraction of sp³-hybridized carbons (Fsp3) is 0.455. The van der Waals surface area contributed by atoms with Gasteiger partial charge in [-0.05, 0) is 37.1 Å². The molecular formula is C22H32N2S. The molecule has 0 fully saturated rings. The fourth-order valence-electron chi connectivity index (χ4n) is 2.72. The first kappa shape index (κ1) is 19.7. The normalized spacial score (nSPS) is 10.6. The van der Waals surface area contributed by atoms with Crippen molar-refractivity contribution in [1.29, 1.82) is 0 Å². The molecule has 0 aromatic heterocycles. The third-order valence-corrected chi connectivity index (χ3v) is 5.34. The Labute approximate surface area is 157 Å². The maximum Gasteiger partial charge on any atom is 0.0482 e. The average molecular weight is 357 g/mol. The zero-order valence-corrected chi connectivity index (χ0v) is 16.5. The van der Waals surface area contributed by atoms with Crippen molar-refractivity contribution in [2.24, 2.45) is 0 Å². The number of unbranched alkanes of at least 4 members (excludes halogenated alkanes) is 4. The number of hydrogen-bond donors (Lipinski definition) is 2. The second-order valence-corrected chi connectivity index (χ2v) is 7.45. The van der Waals surface area contributed by atoms with E-state index in [4.69, 9.17) is 0 Å². The van der Waals surface area contributed by atoms with Gasteiger partial charge in [-0.2, -0.15) is 0 Å². The lowest BCUT2D eigenvalue weighted by atomic mass is 10.2. The molecule has 2 aromatic rings. The van der Waals surface area contributed by atoms with E-state index in [0.29, 0.717) is 0 Å². The Hall–Kier alpha value is -1.61. The Balaban J connectivity index is 2.01. The van der Waals surface area contributed by atoms with Gasteiger partial charge < -0.3 is 10.6 Å². The summed E-state index contributed by atoms with van der Waals surface area (Å²) in [5.41, 5.74) is 2.48. The van der Waals surface area contributed by atoms with Crippen molar-refractivity contribution < 1.29 is 0 Å². The van der Waals surface area contributed by atoms with Crippen LogP contribution in [-0.4, -0.2) is 13.1 Å². The van der Waals surface area contributed by atoms with Crippen molar-refractivity contribution in [2.75, 3.05) is 23.7 Å². The molecule has 25 heavy (non-hydrogen) atoms. The number of nitrogens with one attached hydrogen (secondary N) is 2. The van der Waals surface area contributed by atoms with Gasteiger partial charge in [0.25, 0.3) is 0 Å². The molecule has 3 heteroatoms. The SMILES string of the molecule is CCCCCNc1ccccc1Sc1ccccc1NCCCCC. The summed E-state index contributed by atoms with van der Waals surface area (Å²) in [5.74, 6) is 0. The van der Waals surface area contributed by atoms with Gasteiger partial charge in [0.15, 0.2) is 0 Å². The van der Waals surface area contributed by atoms with Crippen LogP contribution in [0.5, 0.6) is 0 Å². The second-order valence-electron chi connectivity index (χ2n) is 6.36. The minimum Gasteiger partial charge on any atom is -0.384 e.